The second-order valence-electron chi connectivity index (χ2n) is 11.6. The van der Waals surface area contributed by atoms with Crippen LogP contribution in [0.3, 0.4) is 0 Å². The van der Waals surface area contributed by atoms with Gasteiger partial charge in [-0.3, -0.25) is 9.69 Å². The van der Waals surface area contributed by atoms with Crippen LogP contribution < -0.4 is 19.1 Å². The Bertz CT molecular complexity index is 1210. The van der Waals surface area contributed by atoms with Gasteiger partial charge < -0.3 is 24.2 Å². The maximum atomic E-state index is 12.9. The molecule has 3 aliphatic heterocycles. The highest BCUT2D eigenvalue weighted by atomic mass is 19.4. The number of nitrogens with zero attached hydrogens (tertiary/aromatic N) is 3. The number of likely N-dealkylation sites (tertiary alicyclic amines) is 1. The number of fused-ring (bicyclic) bond motifs is 1. The van der Waals surface area contributed by atoms with Crippen molar-refractivity contribution < 1.29 is 37.3 Å². The molecule has 2 saturated heterocycles. The number of hydrogen-bond donors (Lipinski definition) is 1. The molecule has 1 aromatic carbocycles. The van der Waals surface area contributed by atoms with Gasteiger partial charge in [0.05, 0.1) is 39.0 Å². The highest BCUT2D eigenvalue weighted by molar-refractivity contribution is 5.68. The normalized spacial score (nSPS) is 20.6. The van der Waals surface area contributed by atoms with Crippen LogP contribution in [0.25, 0.3) is 0 Å². The minimum Gasteiger partial charge on any atom is -0.494 e. The Hall–Kier alpha value is -3.21. The lowest BCUT2D eigenvalue weighted by molar-refractivity contribution is -0.148. The third-order valence-corrected chi connectivity index (χ3v) is 8.62. The van der Waals surface area contributed by atoms with Crippen LogP contribution in [0.15, 0.2) is 30.5 Å². The molecule has 1 aromatic heterocycles. The topological polar surface area (TPSA) is 84.4 Å². The van der Waals surface area contributed by atoms with Crippen LogP contribution in [0.1, 0.15) is 68.4 Å². The molecule has 0 bridgehead atoms. The van der Waals surface area contributed by atoms with E-state index >= 15 is 0 Å². The molecule has 230 valence electrons. The number of carbonyl (C=O) groups is 1. The number of halogens is 3. The van der Waals surface area contributed by atoms with E-state index in [4.69, 9.17) is 14.2 Å². The number of alkyl halides is 3. The molecule has 8 nitrogen and oxygen atoms in total. The SMILES string of the molecule is CCOc1ccc(C2CCN(CC(F)(F)F)CC2)c(N2CCC(COc3cc4c(cn3)OCCC4CC(=O)O)CC2)c1. The third-order valence-electron chi connectivity index (χ3n) is 8.62. The van der Waals surface area contributed by atoms with Gasteiger partial charge in [0.15, 0.2) is 0 Å². The van der Waals surface area contributed by atoms with E-state index < -0.39 is 18.7 Å². The molecule has 3 aliphatic rings. The third kappa shape index (κ3) is 7.79. The molecule has 0 radical (unpaired) electrons. The maximum Gasteiger partial charge on any atom is 0.401 e. The van der Waals surface area contributed by atoms with E-state index in [2.05, 4.69) is 22.0 Å². The molecule has 0 aliphatic carbocycles. The zero-order valence-corrected chi connectivity index (χ0v) is 24.1. The molecule has 0 spiro atoms. The first-order chi connectivity index (χ1) is 20.2. The molecule has 11 heteroatoms. The summed E-state index contributed by atoms with van der Waals surface area (Å²) in [6.07, 6.45) is 1.43. The molecular formula is C31H40F3N3O5. The fraction of sp³-hybridized carbons (Fsp3) is 0.613. The average molecular weight is 592 g/mol. The number of ether oxygens (including phenoxy) is 3. The van der Waals surface area contributed by atoms with Crippen molar-refractivity contribution in [1.29, 1.82) is 0 Å². The predicted octanol–water partition coefficient (Wildman–Crippen LogP) is 5.86. The second-order valence-corrected chi connectivity index (χ2v) is 11.6. The van der Waals surface area contributed by atoms with Gasteiger partial charge in [-0.1, -0.05) is 6.07 Å². The Balaban J connectivity index is 1.19. The van der Waals surface area contributed by atoms with E-state index in [-0.39, 0.29) is 18.3 Å². The molecule has 2 fully saturated rings. The standard InChI is InChI=1S/C31H40F3N3O5/c1-2-40-24-3-4-25(22-7-10-36(11-8-22)20-31(32,33)34)27(16-24)37-12-5-21(6-13-37)19-42-29-17-26-23(15-30(38)39)9-14-41-28(26)18-35-29/h3-4,16-18,21-23H,2,5-15,19-20H2,1H3,(H,38,39). The number of pyridine rings is 1. The summed E-state index contributed by atoms with van der Waals surface area (Å²) in [5, 5.41) is 9.28. The molecule has 1 atom stereocenters. The van der Waals surface area contributed by atoms with Crippen LogP contribution in [-0.2, 0) is 4.79 Å². The van der Waals surface area contributed by atoms with Gasteiger partial charge in [0.25, 0.3) is 0 Å². The predicted molar refractivity (Wildman–Crippen MR) is 152 cm³/mol. The average Bonchev–Trinajstić information content (AvgIpc) is 2.96. The summed E-state index contributed by atoms with van der Waals surface area (Å²) in [5.74, 6) is 1.53. The molecule has 0 amide bonds. The van der Waals surface area contributed by atoms with Crippen LogP contribution in [-0.4, -0.2) is 79.7 Å². The van der Waals surface area contributed by atoms with Gasteiger partial charge in [0.2, 0.25) is 5.88 Å². The van der Waals surface area contributed by atoms with Crippen molar-refractivity contribution in [2.24, 2.45) is 5.92 Å². The Kier molecular flexibility index (Phi) is 9.65. The Morgan fingerprint density at radius 1 is 1.05 bits per heavy atom. The highest BCUT2D eigenvalue weighted by Gasteiger charge is 2.34. The first kappa shape index (κ1) is 30.3. The van der Waals surface area contributed by atoms with E-state index in [1.165, 1.54) is 10.5 Å². The molecule has 1 N–H and O–H groups in total. The quantitative estimate of drug-likeness (QED) is 0.368. The van der Waals surface area contributed by atoms with E-state index in [9.17, 15) is 23.1 Å². The summed E-state index contributed by atoms with van der Waals surface area (Å²) in [5.41, 5.74) is 3.15. The number of rotatable bonds is 10. The molecule has 4 heterocycles. The Morgan fingerprint density at radius 2 is 1.81 bits per heavy atom. The van der Waals surface area contributed by atoms with Crippen LogP contribution in [0.5, 0.6) is 17.4 Å². The van der Waals surface area contributed by atoms with E-state index in [1.54, 1.807) is 6.20 Å². The van der Waals surface area contributed by atoms with Crippen molar-refractivity contribution in [3.8, 4) is 17.4 Å². The lowest BCUT2D eigenvalue weighted by Gasteiger charge is -2.38. The van der Waals surface area contributed by atoms with Crippen LogP contribution in [0.2, 0.25) is 0 Å². The molecule has 1 unspecified atom stereocenters. The van der Waals surface area contributed by atoms with Gasteiger partial charge in [-0.25, -0.2) is 4.98 Å². The van der Waals surface area contributed by atoms with Gasteiger partial charge in [-0.05, 0) is 75.6 Å². The summed E-state index contributed by atoms with van der Waals surface area (Å²) in [6.45, 7) is 5.24. The summed E-state index contributed by atoms with van der Waals surface area (Å²) in [7, 11) is 0. The number of hydrogen-bond acceptors (Lipinski definition) is 7. The summed E-state index contributed by atoms with van der Waals surface area (Å²) in [4.78, 5) is 19.6. The second kappa shape index (κ2) is 13.4. The molecule has 2 aromatic rings. The number of carboxylic acids is 1. The largest absolute Gasteiger partial charge is 0.494 e. The molecule has 42 heavy (non-hydrogen) atoms. The first-order valence-corrected chi connectivity index (χ1v) is 15.0. The van der Waals surface area contributed by atoms with Gasteiger partial charge >= 0.3 is 12.1 Å². The maximum absolute atomic E-state index is 12.9. The van der Waals surface area contributed by atoms with Crippen LogP contribution >= 0.6 is 0 Å². The highest BCUT2D eigenvalue weighted by Crippen LogP contribution is 2.40. The number of aliphatic carboxylic acids is 1. The molecule has 0 saturated carbocycles. The Labute approximate surface area is 244 Å². The fourth-order valence-electron chi connectivity index (χ4n) is 6.44. The van der Waals surface area contributed by atoms with E-state index in [0.29, 0.717) is 69.7 Å². The molecular weight excluding hydrogens is 551 g/mol. The number of carboxylic acid groups (broad SMARTS) is 1. The van der Waals surface area contributed by atoms with Crippen molar-refractivity contribution in [3.05, 3.63) is 41.6 Å². The van der Waals surface area contributed by atoms with Crippen molar-refractivity contribution in [2.75, 3.05) is 57.4 Å². The number of anilines is 1. The minimum absolute atomic E-state index is 0.0530. The van der Waals surface area contributed by atoms with Crippen molar-refractivity contribution >= 4 is 11.7 Å². The van der Waals surface area contributed by atoms with Crippen molar-refractivity contribution in [3.63, 3.8) is 0 Å². The minimum atomic E-state index is -4.17. The first-order valence-electron chi connectivity index (χ1n) is 15.0. The number of benzene rings is 1. The zero-order valence-electron chi connectivity index (χ0n) is 24.1. The Morgan fingerprint density at radius 3 is 2.50 bits per heavy atom. The van der Waals surface area contributed by atoms with Crippen LogP contribution in [0.4, 0.5) is 18.9 Å². The fourth-order valence-corrected chi connectivity index (χ4v) is 6.44. The summed E-state index contributed by atoms with van der Waals surface area (Å²) < 4.78 is 56.2. The monoisotopic (exact) mass is 591 g/mol. The smallest absolute Gasteiger partial charge is 0.401 e. The van der Waals surface area contributed by atoms with Crippen molar-refractivity contribution in [2.45, 2.75) is 63.5 Å². The number of piperidine rings is 2. The van der Waals surface area contributed by atoms with Gasteiger partial charge in [-0.2, -0.15) is 13.2 Å². The van der Waals surface area contributed by atoms with Gasteiger partial charge in [0, 0.05) is 42.4 Å². The van der Waals surface area contributed by atoms with Crippen molar-refractivity contribution in [1.82, 2.24) is 9.88 Å². The summed E-state index contributed by atoms with van der Waals surface area (Å²) >= 11 is 0. The number of aromatic nitrogens is 1. The van der Waals surface area contributed by atoms with Gasteiger partial charge in [0.1, 0.15) is 11.5 Å². The van der Waals surface area contributed by atoms with E-state index in [0.717, 1.165) is 42.9 Å². The van der Waals surface area contributed by atoms with Gasteiger partial charge in [-0.15, -0.1) is 0 Å². The zero-order chi connectivity index (χ0) is 29.7. The van der Waals surface area contributed by atoms with E-state index in [1.807, 2.05) is 19.1 Å². The summed E-state index contributed by atoms with van der Waals surface area (Å²) in [6, 6.07) is 7.98. The van der Waals surface area contributed by atoms with Crippen LogP contribution in [0, 0.1) is 5.92 Å². The lowest BCUT2D eigenvalue weighted by atomic mass is 9.87. The lowest BCUT2D eigenvalue weighted by Crippen LogP contribution is -2.40. The molecule has 5 rings (SSSR count).